The molecule has 1 aliphatic heterocycles. The normalized spacial score (nSPS) is 15.7. The number of thioether (sulfide) groups is 1. The van der Waals surface area contributed by atoms with E-state index in [9.17, 15) is 4.79 Å². The van der Waals surface area contributed by atoms with Crippen LogP contribution in [-0.2, 0) is 6.54 Å². The maximum absolute atomic E-state index is 12.0. The number of hydrogen-bond donors (Lipinski definition) is 1. The van der Waals surface area contributed by atoms with Gasteiger partial charge in [0, 0.05) is 30.8 Å². The number of pyridine rings is 1. The highest BCUT2D eigenvalue weighted by Crippen LogP contribution is 2.09. The van der Waals surface area contributed by atoms with Crippen LogP contribution in [0.25, 0.3) is 5.65 Å². The summed E-state index contributed by atoms with van der Waals surface area (Å²) in [6.07, 6.45) is 1.90. The van der Waals surface area contributed by atoms with Gasteiger partial charge in [-0.25, -0.2) is 4.79 Å². The van der Waals surface area contributed by atoms with E-state index in [1.807, 2.05) is 45.5 Å². The fourth-order valence-electron chi connectivity index (χ4n) is 2.04. The van der Waals surface area contributed by atoms with E-state index in [2.05, 4.69) is 15.5 Å². The molecule has 0 saturated carbocycles. The Morgan fingerprint density at radius 1 is 1.32 bits per heavy atom. The molecule has 3 heterocycles. The van der Waals surface area contributed by atoms with Crippen molar-refractivity contribution >= 4 is 23.4 Å². The Morgan fingerprint density at radius 3 is 3.00 bits per heavy atom. The van der Waals surface area contributed by atoms with Crippen molar-refractivity contribution in [3.8, 4) is 0 Å². The molecule has 0 atom stereocenters. The van der Waals surface area contributed by atoms with Crippen molar-refractivity contribution in [3.63, 3.8) is 0 Å². The van der Waals surface area contributed by atoms with Gasteiger partial charge in [-0.15, -0.1) is 10.2 Å². The minimum Gasteiger partial charge on any atom is -0.331 e. The van der Waals surface area contributed by atoms with Crippen LogP contribution in [0.3, 0.4) is 0 Å². The molecule has 1 saturated heterocycles. The molecular formula is C12H15N5OS. The van der Waals surface area contributed by atoms with Crippen molar-refractivity contribution in [2.24, 2.45) is 0 Å². The number of nitrogens with zero attached hydrogens (tertiary/aromatic N) is 4. The highest BCUT2D eigenvalue weighted by Gasteiger charge is 2.16. The number of fused-ring (bicyclic) bond motifs is 1. The zero-order valence-electron chi connectivity index (χ0n) is 10.5. The van der Waals surface area contributed by atoms with Crippen molar-refractivity contribution in [1.29, 1.82) is 0 Å². The van der Waals surface area contributed by atoms with Gasteiger partial charge in [0.05, 0.1) is 6.54 Å². The molecule has 19 heavy (non-hydrogen) atoms. The van der Waals surface area contributed by atoms with E-state index in [1.165, 1.54) is 0 Å². The molecule has 0 bridgehead atoms. The summed E-state index contributed by atoms with van der Waals surface area (Å²) >= 11 is 1.89. The molecule has 0 aromatic carbocycles. The first-order valence-electron chi connectivity index (χ1n) is 6.24. The summed E-state index contributed by atoms with van der Waals surface area (Å²) in [5.74, 6) is 2.78. The standard InChI is InChI=1S/C12H15N5OS/c18-12(16-5-7-19-8-6-16)13-9-11-15-14-10-3-1-2-4-17(10)11/h1-4H,5-9H2,(H,13,18). The smallest absolute Gasteiger partial charge is 0.317 e. The molecule has 0 radical (unpaired) electrons. The van der Waals surface area contributed by atoms with E-state index in [1.54, 1.807) is 0 Å². The predicted octanol–water partition coefficient (Wildman–Crippen LogP) is 0.988. The van der Waals surface area contributed by atoms with Gasteiger partial charge in [0.1, 0.15) is 0 Å². The Morgan fingerprint density at radius 2 is 2.16 bits per heavy atom. The van der Waals surface area contributed by atoms with Crippen LogP contribution < -0.4 is 5.32 Å². The monoisotopic (exact) mass is 277 g/mol. The number of hydrogen-bond acceptors (Lipinski definition) is 4. The average molecular weight is 277 g/mol. The molecule has 2 aromatic heterocycles. The van der Waals surface area contributed by atoms with Crippen LogP contribution in [0, 0.1) is 0 Å². The minimum absolute atomic E-state index is 0.0204. The van der Waals surface area contributed by atoms with Crippen LogP contribution in [0.2, 0.25) is 0 Å². The van der Waals surface area contributed by atoms with Gasteiger partial charge in [0.25, 0.3) is 0 Å². The van der Waals surface area contributed by atoms with E-state index >= 15 is 0 Å². The number of rotatable bonds is 2. The fraction of sp³-hybridized carbons (Fsp3) is 0.417. The molecule has 2 amide bonds. The first kappa shape index (κ1) is 12.3. The highest BCUT2D eigenvalue weighted by atomic mass is 32.2. The zero-order chi connectivity index (χ0) is 13.1. The SMILES string of the molecule is O=C(NCc1nnc2ccccn12)N1CCSCC1. The molecule has 1 N–H and O–H groups in total. The number of carbonyl (C=O) groups is 1. The van der Waals surface area contributed by atoms with Crippen molar-refractivity contribution in [2.45, 2.75) is 6.54 Å². The Bertz CT molecular complexity index is 578. The topological polar surface area (TPSA) is 62.5 Å². The Hall–Kier alpha value is -1.76. The summed E-state index contributed by atoms with van der Waals surface area (Å²) in [5.41, 5.74) is 0.793. The van der Waals surface area contributed by atoms with Gasteiger partial charge in [0.2, 0.25) is 0 Å². The predicted molar refractivity (Wildman–Crippen MR) is 74.1 cm³/mol. The highest BCUT2D eigenvalue weighted by molar-refractivity contribution is 7.99. The third-order valence-corrected chi connectivity index (χ3v) is 4.02. The summed E-state index contributed by atoms with van der Waals surface area (Å²) in [7, 11) is 0. The lowest BCUT2D eigenvalue weighted by atomic mass is 10.4. The zero-order valence-corrected chi connectivity index (χ0v) is 11.3. The number of urea groups is 1. The molecule has 1 aliphatic rings. The third-order valence-electron chi connectivity index (χ3n) is 3.08. The molecule has 100 valence electrons. The van der Waals surface area contributed by atoms with E-state index in [0.717, 1.165) is 36.1 Å². The van der Waals surface area contributed by atoms with E-state index in [-0.39, 0.29) is 6.03 Å². The first-order valence-corrected chi connectivity index (χ1v) is 7.39. The summed E-state index contributed by atoms with van der Waals surface area (Å²) < 4.78 is 1.88. The van der Waals surface area contributed by atoms with Crippen LogP contribution in [0.1, 0.15) is 5.82 Å². The molecule has 6 nitrogen and oxygen atoms in total. The lowest BCUT2D eigenvalue weighted by Gasteiger charge is -2.26. The Labute approximate surface area is 115 Å². The molecule has 7 heteroatoms. The van der Waals surface area contributed by atoms with Crippen LogP contribution in [0.15, 0.2) is 24.4 Å². The molecule has 0 spiro atoms. The van der Waals surface area contributed by atoms with Gasteiger partial charge in [0.15, 0.2) is 11.5 Å². The van der Waals surface area contributed by atoms with Crippen LogP contribution in [0.4, 0.5) is 4.79 Å². The van der Waals surface area contributed by atoms with Gasteiger partial charge in [-0.2, -0.15) is 11.8 Å². The molecule has 0 unspecified atom stereocenters. The van der Waals surface area contributed by atoms with E-state index in [4.69, 9.17) is 0 Å². The quantitative estimate of drug-likeness (QED) is 0.889. The molecule has 1 fully saturated rings. The van der Waals surface area contributed by atoms with Gasteiger partial charge in [-0.3, -0.25) is 4.40 Å². The van der Waals surface area contributed by atoms with Crippen LogP contribution in [-0.4, -0.2) is 50.1 Å². The van der Waals surface area contributed by atoms with E-state index < -0.39 is 0 Å². The second-order valence-corrected chi connectivity index (χ2v) is 5.53. The number of aromatic nitrogens is 3. The average Bonchev–Trinajstić information content (AvgIpc) is 2.89. The summed E-state index contributed by atoms with van der Waals surface area (Å²) in [6, 6.07) is 5.70. The summed E-state index contributed by atoms with van der Waals surface area (Å²) in [4.78, 5) is 13.8. The second-order valence-electron chi connectivity index (χ2n) is 4.30. The number of carbonyl (C=O) groups excluding carboxylic acids is 1. The third kappa shape index (κ3) is 2.65. The lowest BCUT2D eigenvalue weighted by molar-refractivity contribution is 0.202. The summed E-state index contributed by atoms with van der Waals surface area (Å²) in [5, 5.41) is 11.0. The van der Waals surface area contributed by atoms with Crippen molar-refractivity contribution in [1.82, 2.24) is 24.8 Å². The molecule has 3 rings (SSSR count). The van der Waals surface area contributed by atoms with Crippen molar-refractivity contribution < 1.29 is 4.79 Å². The molecular weight excluding hydrogens is 262 g/mol. The van der Waals surface area contributed by atoms with Crippen LogP contribution >= 0.6 is 11.8 Å². The van der Waals surface area contributed by atoms with Gasteiger partial charge in [-0.05, 0) is 12.1 Å². The molecule has 0 aliphatic carbocycles. The maximum Gasteiger partial charge on any atom is 0.317 e. The number of amides is 2. The number of nitrogens with one attached hydrogen (secondary N) is 1. The Kier molecular flexibility index (Phi) is 3.54. The van der Waals surface area contributed by atoms with Crippen molar-refractivity contribution in [3.05, 3.63) is 30.2 Å². The Balaban J connectivity index is 1.64. The van der Waals surface area contributed by atoms with Gasteiger partial charge < -0.3 is 10.2 Å². The minimum atomic E-state index is -0.0204. The largest absolute Gasteiger partial charge is 0.331 e. The van der Waals surface area contributed by atoms with Gasteiger partial charge in [-0.1, -0.05) is 6.07 Å². The van der Waals surface area contributed by atoms with Gasteiger partial charge >= 0.3 is 6.03 Å². The first-order chi connectivity index (χ1) is 9.34. The summed E-state index contributed by atoms with van der Waals surface area (Å²) in [6.45, 7) is 2.03. The lowest BCUT2D eigenvalue weighted by Crippen LogP contribution is -2.44. The maximum atomic E-state index is 12.0. The van der Waals surface area contributed by atoms with Crippen molar-refractivity contribution in [2.75, 3.05) is 24.6 Å². The van der Waals surface area contributed by atoms with Crippen LogP contribution in [0.5, 0.6) is 0 Å². The van der Waals surface area contributed by atoms with E-state index in [0.29, 0.717) is 6.54 Å². The second kappa shape index (κ2) is 5.48. The fourth-order valence-corrected chi connectivity index (χ4v) is 2.95. The molecule has 2 aromatic rings.